The first-order valence-corrected chi connectivity index (χ1v) is 14.6. The van der Waals surface area contributed by atoms with Gasteiger partial charge < -0.3 is 9.47 Å². The van der Waals surface area contributed by atoms with Crippen molar-refractivity contribution >= 4 is 38.1 Å². The van der Waals surface area contributed by atoms with Crippen LogP contribution < -0.4 is 4.90 Å². The summed E-state index contributed by atoms with van der Waals surface area (Å²) < 4.78 is 2.40. The zero-order valence-electron chi connectivity index (χ0n) is 20.9. The topological polar surface area (TPSA) is 8.17 Å². The van der Waals surface area contributed by atoms with Crippen molar-refractivity contribution < 1.29 is 0 Å². The number of para-hydroxylation sites is 1. The van der Waals surface area contributed by atoms with E-state index in [2.05, 4.69) is 106 Å². The highest BCUT2D eigenvalue weighted by atomic mass is 32.1. The second kappa shape index (κ2) is 8.49. The number of benzene rings is 3. The molecule has 1 fully saturated rings. The van der Waals surface area contributed by atoms with Crippen LogP contribution in [0.4, 0.5) is 5.69 Å². The molecule has 37 heavy (non-hydrogen) atoms. The Kier molecular flexibility index (Phi) is 4.94. The highest BCUT2D eigenvalue weighted by Gasteiger charge is 2.41. The Hall–Kier alpha value is -3.56. The maximum Gasteiger partial charge on any atom is 0.108 e. The Balaban J connectivity index is 1.12. The minimum absolute atomic E-state index is 0.650. The Morgan fingerprint density at radius 3 is 2.32 bits per heavy atom. The zero-order chi connectivity index (χ0) is 24.3. The molecule has 3 aliphatic rings. The van der Waals surface area contributed by atoms with Crippen molar-refractivity contribution in [3.8, 4) is 16.8 Å². The lowest BCUT2D eigenvalue weighted by molar-refractivity contribution is 0.358. The van der Waals surface area contributed by atoms with Crippen LogP contribution in [0.15, 0.2) is 108 Å². The molecule has 2 aromatic heterocycles. The molecule has 2 nitrogen and oxygen atoms in total. The average molecular weight is 499 g/mol. The van der Waals surface area contributed by atoms with Gasteiger partial charge in [0, 0.05) is 39.8 Å². The van der Waals surface area contributed by atoms with Gasteiger partial charge in [-0.1, -0.05) is 61.4 Å². The van der Waals surface area contributed by atoms with E-state index in [1.54, 1.807) is 5.57 Å². The lowest BCUT2D eigenvalue weighted by Gasteiger charge is -2.35. The number of thiophene rings is 1. The minimum Gasteiger partial charge on any atom is -0.338 e. The third-order valence-corrected chi connectivity index (χ3v) is 9.74. The fourth-order valence-corrected chi connectivity index (χ4v) is 8.12. The van der Waals surface area contributed by atoms with E-state index < -0.39 is 0 Å². The summed E-state index contributed by atoms with van der Waals surface area (Å²) >= 11 is 1.81. The molecule has 2 aliphatic carbocycles. The van der Waals surface area contributed by atoms with Crippen LogP contribution in [-0.2, 0) is 0 Å². The number of allylic oxidation sites excluding steroid dienone is 2. The van der Waals surface area contributed by atoms with Gasteiger partial charge in [-0.2, -0.15) is 0 Å². The Labute approximate surface area is 222 Å². The molecular weight excluding hydrogens is 468 g/mol. The standard InChI is InChI=1S/C34H30N2S/c1-4-10-31-27(7-1)28-8-2-5-11-32(28)35(31)25-17-13-23(14-18-25)24-15-19-26(20-16-24)36-33-12-6-3-9-29(33)30-21-22-37-34(30)36/h3-4,6,9-10,12-22,28,32H,1-2,5,7-8,11H2. The second-order valence-corrected chi connectivity index (χ2v) is 11.7. The predicted octanol–water partition coefficient (Wildman–Crippen LogP) is 9.50. The summed E-state index contributed by atoms with van der Waals surface area (Å²) in [5.41, 5.74) is 9.62. The second-order valence-electron chi connectivity index (χ2n) is 10.8. The van der Waals surface area contributed by atoms with Gasteiger partial charge >= 0.3 is 0 Å². The number of anilines is 1. The lowest BCUT2D eigenvalue weighted by Crippen LogP contribution is -2.36. The molecule has 2 atom stereocenters. The minimum atomic E-state index is 0.650. The van der Waals surface area contributed by atoms with Gasteiger partial charge in [0.05, 0.1) is 5.52 Å². The van der Waals surface area contributed by atoms with E-state index in [0.29, 0.717) is 6.04 Å². The van der Waals surface area contributed by atoms with Gasteiger partial charge in [-0.15, -0.1) is 11.3 Å². The van der Waals surface area contributed by atoms with E-state index in [0.717, 1.165) is 5.92 Å². The van der Waals surface area contributed by atoms with E-state index in [-0.39, 0.29) is 0 Å². The van der Waals surface area contributed by atoms with Crippen molar-refractivity contribution in [1.29, 1.82) is 0 Å². The van der Waals surface area contributed by atoms with Gasteiger partial charge in [0.25, 0.3) is 0 Å². The van der Waals surface area contributed by atoms with E-state index in [4.69, 9.17) is 0 Å². The largest absolute Gasteiger partial charge is 0.338 e. The van der Waals surface area contributed by atoms with Gasteiger partial charge in [0.2, 0.25) is 0 Å². The summed E-state index contributed by atoms with van der Waals surface area (Å²) in [6.45, 7) is 0. The van der Waals surface area contributed by atoms with Crippen LogP contribution in [0.25, 0.3) is 37.9 Å². The molecular formula is C34H30N2S. The molecule has 2 unspecified atom stereocenters. The molecule has 3 aromatic carbocycles. The first-order chi connectivity index (χ1) is 18.4. The van der Waals surface area contributed by atoms with Crippen LogP contribution in [-0.4, -0.2) is 10.6 Å². The Morgan fingerprint density at radius 2 is 1.49 bits per heavy atom. The van der Waals surface area contributed by atoms with Gasteiger partial charge in [0.1, 0.15) is 4.83 Å². The molecule has 3 heterocycles. The third kappa shape index (κ3) is 3.30. The van der Waals surface area contributed by atoms with Crippen LogP contribution in [0.1, 0.15) is 38.5 Å². The molecule has 0 spiro atoms. The van der Waals surface area contributed by atoms with Crippen LogP contribution in [0, 0.1) is 5.92 Å². The summed E-state index contributed by atoms with van der Waals surface area (Å²) in [6.07, 6.45) is 12.7. The van der Waals surface area contributed by atoms with Crippen molar-refractivity contribution in [3.05, 3.63) is 108 Å². The van der Waals surface area contributed by atoms with Crippen LogP contribution in [0.2, 0.25) is 0 Å². The molecule has 1 saturated carbocycles. The normalized spacial score (nSPS) is 21.1. The fourth-order valence-electron chi connectivity index (χ4n) is 7.17. The lowest BCUT2D eigenvalue weighted by atomic mass is 9.80. The molecule has 3 heteroatoms. The summed E-state index contributed by atoms with van der Waals surface area (Å²) in [5, 5.41) is 4.86. The summed E-state index contributed by atoms with van der Waals surface area (Å²) in [6, 6.07) is 30.0. The molecule has 1 aliphatic heterocycles. The quantitative estimate of drug-likeness (QED) is 0.240. The van der Waals surface area contributed by atoms with Crippen LogP contribution in [0.3, 0.4) is 0 Å². The zero-order valence-corrected chi connectivity index (χ0v) is 21.8. The maximum absolute atomic E-state index is 2.67. The summed E-state index contributed by atoms with van der Waals surface area (Å²) in [5.74, 6) is 0.764. The fraction of sp³-hybridized carbons (Fsp3) is 0.235. The van der Waals surface area contributed by atoms with Crippen LogP contribution in [0.5, 0.6) is 0 Å². The van der Waals surface area contributed by atoms with Crippen molar-refractivity contribution in [2.24, 2.45) is 5.92 Å². The molecule has 0 N–H and O–H groups in total. The van der Waals surface area contributed by atoms with Crippen molar-refractivity contribution in [2.75, 3.05) is 4.90 Å². The number of aromatic nitrogens is 1. The van der Waals surface area contributed by atoms with Crippen LogP contribution >= 0.6 is 11.3 Å². The van der Waals surface area contributed by atoms with Crippen molar-refractivity contribution in [1.82, 2.24) is 4.57 Å². The molecule has 0 amide bonds. The Morgan fingerprint density at radius 1 is 0.730 bits per heavy atom. The van der Waals surface area contributed by atoms with E-state index in [9.17, 15) is 0 Å². The van der Waals surface area contributed by atoms with Crippen molar-refractivity contribution in [3.63, 3.8) is 0 Å². The summed E-state index contributed by atoms with van der Waals surface area (Å²) in [7, 11) is 0. The Bertz CT molecular complexity index is 1680. The summed E-state index contributed by atoms with van der Waals surface area (Å²) in [4.78, 5) is 3.99. The number of rotatable bonds is 3. The first kappa shape index (κ1) is 21.5. The predicted molar refractivity (Wildman–Crippen MR) is 158 cm³/mol. The van der Waals surface area contributed by atoms with E-state index in [1.165, 1.54) is 87.8 Å². The smallest absolute Gasteiger partial charge is 0.108 e. The molecule has 0 saturated heterocycles. The molecule has 0 bridgehead atoms. The van der Waals surface area contributed by atoms with Gasteiger partial charge in [-0.25, -0.2) is 0 Å². The maximum atomic E-state index is 2.67. The number of hydrogen-bond acceptors (Lipinski definition) is 2. The van der Waals surface area contributed by atoms with Gasteiger partial charge in [-0.05, 0) is 90.2 Å². The monoisotopic (exact) mass is 498 g/mol. The number of fused-ring (bicyclic) bond motifs is 5. The number of nitrogens with zero attached hydrogens (tertiary/aromatic N) is 2. The third-order valence-electron chi connectivity index (χ3n) is 8.84. The van der Waals surface area contributed by atoms with Crippen molar-refractivity contribution in [2.45, 2.75) is 44.6 Å². The van der Waals surface area contributed by atoms with E-state index in [1.807, 2.05) is 11.3 Å². The van der Waals surface area contributed by atoms with Gasteiger partial charge in [0.15, 0.2) is 0 Å². The number of hydrogen-bond donors (Lipinski definition) is 0. The average Bonchev–Trinajstić information content (AvgIpc) is 3.65. The molecule has 0 radical (unpaired) electrons. The highest BCUT2D eigenvalue weighted by molar-refractivity contribution is 7.17. The van der Waals surface area contributed by atoms with Gasteiger partial charge in [-0.3, -0.25) is 0 Å². The molecule has 8 rings (SSSR count). The highest BCUT2D eigenvalue weighted by Crippen LogP contribution is 2.48. The van der Waals surface area contributed by atoms with E-state index >= 15 is 0 Å². The SMILES string of the molecule is C1=CC2=C(CC1)C1CCCCC1N2c1ccc(-c2ccc(-n3c4ccccc4c4ccsc43)cc2)cc1. The molecule has 5 aromatic rings. The molecule has 182 valence electrons. The first-order valence-electron chi connectivity index (χ1n) is 13.7.